The number of hydrogen-bond donors (Lipinski definition) is 1. The fourth-order valence-electron chi connectivity index (χ4n) is 1.91. The van der Waals surface area contributed by atoms with Gasteiger partial charge in [0, 0.05) is 13.2 Å². The molecule has 1 aliphatic heterocycles. The lowest BCUT2D eigenvalue weighted by atomic mass is 10.1. The van der Waals surface area contributed by atoms with Crippen LogP contribution in [-0.2, 0) is 22.6 Å². The first kappa shape index (κ1) is 11.6. The SMILES string of the molecule is CNCc1ccccc1COC1CCOC1. The maximum atomic E-state index is 5.82. The molecule has 1 fully saturated rings. The van der Waals surface area contributed by atoms with Gasteiger partial charge in [-0.05, 0) is 24.6 Å². The molecule has 1 saturated heterocycles. The summed E-state index contributed by atoms with van der Waals surface area (Å²) in [5, 5.41) is 3.17. The van der Waals surface area contributed by atoms with Crippen molar-refractivity contribution < 1.29 is 9.47 Å². The van der Waals surface area contributed by atoms with Crippen molar-refractivity contribution in [1.29, 1.82) is 0 Å². The van der Waals surface area contributed by atoms with Crippen molar-refractivity contribution in [3.63, 3.8) is 0 Å². The van der Waals surface area contributed by atoms with Gasteiger partial charge in [-0.2, -0.15) is 0 Å². The van der Waals surface area contributed by atoms with Crippen LogP contribution in [0.1, 0.15) is 17.5 Å². The minimum absolute atomic E-state index is 0.280. The highest BCUT2D eigenvalue weighted by Gasteiger charge is 2.16. The Labute approximate surface area is 96.8 Å². The Morgan fingerprint density at radius 2 is 2.19 bits per heavy atom. The van der Waals surface area contributed by atoms with E-state index in [2.05, 4.69) is 29.6 Å². The Balaban J connectivity index is 1.91. The van der Waals surface area contributed by atoms with Gasteiger partial charge in [-0.3, -0.25) is 0 Å². The van der Waals surface area contributed by atoms with Gasteiger partial charge in [-0.25, -0.2) is 0 Å². The number of ether oxygens (including phenoxy) is 2. The highest BCUT2D eigenvalue weighted by Crippen LogP contribution is 2.14. The second-order valence-corrected chi connectivity index (χ2v) is 4.10. The average molecular weight is 221 g/mol. The van der Waals surface area contributed by atoms with Crippen LogP contribution in [0, 0.1) is 0 Å². The van der Waals surface area contributed by atoms with Gasteiger partial charge in [0.05, 0.1) is 19.3 Å². The quantitative estimate of drug-likeness (QED) is 0.821. The molecule has 0 aliphatic carbocycles. The molecule has 0 radical (unpaired) electrons. The molecule has 1 aliphatic rings. The monoisotopic (exact) mass is 221 g/mol. The smallest absolute Gasteiger partial charge is 0.0834 e. The van der Waals surface area contributed by atoms with E-state index < -0.39 is 0 Å². The molecule has 1 heterocycles. The number of nitrogens with one attached hydrogen (secondary N) is 1. The largest absolute Gasteiger partial charge is 0.379 e. The maximum Gasteiger partial charge on any atom is 0.0834 e. The summed E-state index contributed by atoms with van der Waals surface area (Å²) in [4.78, 5) is 0. The van der Waals surface area contributed by atoms with Crippen LogP contribution in [-0.4, -0.2) is 26.4 Å². The van der Waals surface area contributed by atoms with Gasteiger partial charge in [0.15, 0.2) is 0 Å². The molecule has 0 amide bonds. The van der Waals surface area contributed by atoms with E-state index in [-0.39, 0.29) is 6.10 Å². The highest BCUT2D eigenvalue weighted by atomic mass is 16.5. The van der Waals surface area contributed by atoms with Crippen LogP contribution in [0.3, 0.4) is 0 Å². The summed E-state index contributed by atoms with van der Waals surface area (Å²) < 4.78 is 11.1. The van der Waals surface area contributed by atoms with Crippen LogP contribution in [0.25, 0.3) is 0 Å². The zero-order valence-electron chi connectivity index (χ0n) is 9.74. The molecule has 3 heteroatoms. The van der Waals surface area contributed by atoms with Crippen molar-refractivity contribution >= 4 is 0 Å². The first-order chi connectivity index (χ1) is 7.90. The highest BCUT2D eigenvalue weighted by molar-refractivity contribution is 5.26. The van der Waals surface area contributed by atoms with Crippen molar-refractivity contribution in [2.45, 2.75) is 25.7 Å². The average Bonchev–Trinajstić information content (AvgIpc) is 2.81. The van der Waals surface area contributed by atoms with E-state index in [1.165, 1.54) is 11.1 Å². The third-order valence-corrected chi connectivity index (χ3v) is 2.85. The molecule has 16 heavy (non-hydrogen) atoms. The molecule has 0 aromatic heterocycles. The van der Waals surface area contributed by atoms with E-state index in [1.807, 2.05) is 7.05 Å². The van der Waals surface area contributed by atoms with Gasteiger partial charge in [0.2, 0.25) is 0 Å². The van der Waals surface area contributed by atoms with Gasteiger partial charge < -0.3 is 14.8 Å². The molecule has 0 saturated carbocycles. The normalized spacial score (nSPS) is 20.2. The predicted molar refractivity (Wildman–Crippen MR) is 63.2 cm³/mol. The number of hydrogen-bond acceptors (Lipinski definition) is 3. The topological polar surface area (TPSA) is 30.5 Å². The first-order valence-corrected chi connectivity index (χ1v) is 5.81. The summed E-state index contributed by atoms with van der Waals surface area (Å²) in [7, 11) is 1.96. The number of rotatable bonds is 5. The lowest BCUT2D eigenvalue weighted by Gasteiger charge is -2.13. The Bertz CT molecular complexity index is 321. The van der Waals surface area contributed by atoms with Gasteiger partial charge in [-0.15, -0.1) is 0 Å². The van der Waals surface area contributed by atoms with Gasteiger partial charge in [-0.1, -0.05) is 24.3 Å². The minimum atomic E-state index is 0.280. The van der Waals surface area contributed by atoms with E-state index in [0.29, 0.717) is 6.61 Å². The summed E-state index contributed by atoms with van der Waals surface area (Å²) in [6, 6.07) is 8.39. The van der Waals surface area contributed by atoms with E-state index in [0.717, 1.165) is 26.2 Å². The molecule has 1 N–H and O–H groups in total. The summed E-state index contributed by atoms with van der Waals surface area (Å²) in [6.07, 6.45) is 1.30. The Kier molecular flexibility index (Phi) is 4.34. The molecule has 88 valence electrons. The molecule has 1 aromatic rings. The Hall–Kier alpha value is -0.900. The van der Waals surface area contributed by atoms with Crippen molar-refractivity contribution in [2.75, 3.05) is 20.3 Å². The third-order valence-electron chi connectivity index (χ3n) is 2.85. The van der Waals surface area contributed by atoms with Crippen molar-refractivity contribution in [1.82, 2.24) is 5.32 Å². The van der Waals surface area contributed by atoms with Crippen molar-refractivity contribution in [3.8, 4) is 0 Å². The molecule has 0 bridgehead atoms. The van der Waals surface area contributed by atoms with Gasteiger partial charge in [0.25, 0.3) is 0 Å². The van der Waals surface area contributed by atoms with Crippen LogP contribution in [0.4, 0.5) is 0 Å². The van der Waals surface area contributed by atoms with Gasteiger partial charge in [0.1, 0.15) is 0 Å². The standard InChI is InChI=1S/C13H19NO2/c1-14-8-11-4-2-3-5-12(11)9-16-13-6-7-15-10-13/h2-5,13-14H,6-10H2,1H3. The molecule has 0 spiro atoms. The zero-order chi connectivity index (χ0) is 11.2. The molecule has 1 aromatic carbocycles. The minimum Gasteiger partial charge on any atom is -0.379 e. The number of benzene rings is 1. The van der Waals surface area contributed by atoms with Crippen molar-refractivity contribution in [2.24, 2.45) is 0 Å². The van der Waals surface area contributed by atoms with Crippen LogP contribution < -0.4 is 5.32 Å². The van der Waals surface area contributed by atoms with E-state index in [9.17, 15) is 0 Å². The lowest BCUT2D eigenvalue weighted by molar-refractivity contribution is 0.0314. The third kappa shape index (κ3) is 3.04. The van der Waals surface area contributed by atoms with E-state index in [1.54, 1.807) is 0 Å². The fourth-order valence-corrected chi connectivity index (χ4v) is 1.91. The van der Waals surface area contributed by atoms with E-state index in [4.69, 9.17) is 9.47 Å². The maximum absolute atomic E-state index is 5.82. The van der Waals surface area contributed by atoms with Crippen LogP contribution in [0.15, 0.2) is 24.3 Å². The summed E-state index contributed by atoms with van der Waals surface area (Å²) in [5.41, 5.74) is 2.58. The molecule has 1 unspecified atom stereocenters. The fraction of sp³-hybridized carbons (Fsp3) is 0.538. The predicted octanol–water partition coefficient (Wildman–Crippen LogP) is 1.71. The molecular formula is C13H19NO2. The Morgan fingerprint density at radius 3 is 2.88 bits per heavy atom. The summed E-state index contributed by atoms with van der Waals surface area (Å²) >= 11 is 0. The summed E-state index contributed by atoms with van der Waals surface area (Å²) in [6.45, 7) is 3.16. The van der Waals surface area contributed by atoms with Crippen LogP contribution >= 0.6 is 0 Å². The van der Waals surface area contributed by atoms with Gasteiger partial charge >= 0.3 is 0 Å². The second kappa shape index (κ2) is 5.99. The Morgan fingerprint density at radius 1 is 1.38 bits per heavy atom. The molecule has 3 nitrogen and oxygen atoms in total. The molecule has 2 rings (SSSR count). The first-order valence-electron chi connectivity index (χ1n) is 5.81. The zero-order valence-corrected chi connectivity index (χ0v) is 9.74. The van der Waals surface area contributed by atoms with Crippen LogP contribution in [0.5, 0.6) is 0 Å². The second-order valence-electron chi connectivity index (χ2n) is 4.10. The molecular weight excluding hydrogens is 202 g/mol. The van der Waals surface area contributed by atoms with Crippen molar-refractivity contribution in [3.05, 3.63) is 35.4 Å². The van der Waals surface area contributed by atoms with Crippen LogP contribution in [0.2, 0.25) is 0 Å². The lowest BCUT2D eigenvalue weighted by Crippen LogP contribution is -2.14. The summed E-state index contributed by atoms with van der Waals surface area (Å²) in [5.74, 6) is 0. The molecule has 1 atom stereocenters. The van der Waals surface area contributed by atoms with E-state index >= 15 is 0 Å².